The first-order valence-electron chi connectivity index (χ1n) is 6.15. The Hall–Kier alpha value is -1.55. The topological polar surface area (TPSA) is 66.6 Å². The van der Waals surface area contributed by atoms with Gasteiger partial charge in [0.2, 0.25) is 0 Å². The van der Waals surface area contributed by atoms with Crippen LogP contribution in [0.25, 0.3) is 0 Å². The molecule has 0 aliphatic heterocycles. The zero-order chi connectivity index (χ0) is 13.8. The van der Waals surface area contributed by atoms with Crippen molar-refractivity contribution in [3.05, 3.63) is 29.8 Å². The fourth-order valence-electron chi connectivity index (χ4n) is 1.79. The number of carboxylic acid groups (broad SMARTS) is 1. The van der Waals surface area contributed by atoms with Crippen molar-refractivity contribution < 1.29 is 9.90 Å². The standard InChI is InChI=1S/C14H22N2O2/c1-4-16(10-14(2,3)13(17)18)9-11-5-7-12(15)8-6-11/h5-8H,4,9-10,15H2,1-3H3,(H,17,18). The summed E-state index contributed by atoms with van der Waals surface area (Å²) < 4.78 is 0. The number of nitrogens with two attached hydrogens (primary N) is 1. The van der Waals surface area contributed by atoms with Crippen LogP contribution in [0.3, 0.4) is 0 Å². The minimum Gasteiger partial charge on any atom is -0.481 e. The van der Waals surface area contributed by atoms with Gasteiger partial charge in [-0.1, -0.05) is 19.1 Å². The Morgan fingerprint density at radius 1 is 1.33 bits per heavy atom. The molecule has 0 aromatic heterocycles. The molecular formula is C14H22N2O2. The number of hydrogen-bond acceptors (Lipinski definition) is 3. The number of hydrogen-bond donors (Lipinski definition) is 2. The van der Waals surface area contributed by atoms with Crippen LogP contribution >= 0.6 is 0 Å². The van der Waals surface area contributed by atoms with Crippen molar-refractivity contribution in [2.45, 2.75) is 27.3 Å². The zero-order valence-electron chi connectivity index (χ0n) is 11.3. The van der Waals surface area contributed by atoms with Gasteiger partial charge in [-0.15, -0.1) is 0 Å². The van der Waals surface area contributed by atoms with Crippen molar-refractivity contribution >= 4 is 11.7 Å². The molecule has 4 nitrogen and oxygen atoms in total. The molecule has 0 radical (unpaired) electrons. The molecule has 0 heterocycles. The summed E-state index contributed by atoms with van der Waals surface area (Å²) in [6.45, 7) is 7.63. The van der Waals surface area contributed by atoms with Crippen molar-refractivity contribution in [3.8, 4) is 0 Å². The molecule has 18 heavy (non-hydrogen) atoms. The van der Waals surface area contributed by atoms with E-state index in [4.69, 9.17) is 10.8 Å². The van der Waals surface area contributed by atoms with E-state index < -0.39 is 11.4 Å². The summed E-state index contributed by atoms with van der Waals surface area (Å²) in [7, 11) is 0. The van der Waals surface area contributed by atoms with Crippen molar-refractivity contribution in [1.29, 1.82) is 0 Å². The molecule has 0 fully saturated rings. The van der Waals surface area contributed by atoms with Crippen molar-refractivity contribution in [1.82, 2.24) is 4.90 Å². The molecule has 0 atom stereocenters. The predicted octanol–water partition coefficient (Wildman–Crippen LogP) is 2.20. The third-order valence-corrected chi connectivity index (χ3v) is 3.03. The molecule has 0 bridgehead atoms. The van der Waals surface area contributed by atoms with Gasteiger partial charge in [-0.05, 0) is 38.1 Å². The molecule has 3 N–H and O–H groups in total. The lowest BCUT2D eigenvalue weighted by Crippen LogP contribution is -2.38. The van der Waals surface area contributed by atoms with Gasteiger partial charge in [0.05, 0.1) is 5.41 Å². The maximum atomic E-state index is 11.1. The van der Waals surface area contributed by atoms with E-state index in [0.717, 1.165) is 24.3 Å². The molecule has 0 aliphatic rings. The van der Waals surface area contributed by atoms with Crippen LogP contribution in [0.5, 0.6) is 0 Å². The number of anilines is 1. The second kappa shape index (κ2) is 5.87. The normalized spacial score (nSPS) is 11.8. The van der Waals surface area contributed by atoms with Gasteiger partial charge in [-0.25, -0.2) is 0 Å². The SMILES string of the molecule is CCN(Cc1ccc(N)cc1)CC(C)(C)C(=O)O. The lowest BCUT2D eigenvalue weighted by molar-refractivity contribution is -0.148. The Morgan fingerprint density at radius 2 is 1.89 bits per heavy atom. The molecule has 0 aliphatic carbocycles. The first-order chi connectivity index (χ1) is 8.35. The van der Waals surface area contributed by atoms with Crippen LogP contribution in [0.15, 0.2) is 24.3 Å². The molecule has 1 rings (SSSR count). The van der Waals surface area contributed by atoms with E-state index in [1.165, 1.54) is 0 Å². The van der Waals surface area contributed by atoms with Crippen LogP contribution in [0, 0.1) is 5.41 Å². The first-order valence-corrected chi connectivity index (χ1v) is 6.15. The van der Waals surface area contributed by atoms with Crippen LogP contribution in [-0.2, 0) is 11.3 Å². The summed E-state index contributed by atoms with van der Waals surface area (Å²) in [6.07, 6.45) is 0. The highest BCUT2D eigenvalue weighted by Gasteiger charge is 2.29. The van der Waals surface area contributed by atoms with Gasteiger partial charge in [0, 0.05) is 18.8 Å². The monoisotopic (exact) mass is 250 g/mol. The van der Waals surface area contributed by atoms with E-state index in [1.807, 2.05) is 31.2 Å². The van der Waals surface area contributed by atoms with Gasteiger partial charge in [0.1, 0.15) is 0 Å². The Morgan fingerprint density at radius 3 is 2.33 bits per heavy atom. The average Bonchev–Trinajstić information content (AvgIpc) is 2.30. The van der Waals surface area contributed by atoms with E-state index in [1.54, 1.807) is 13.8 Å². The minimum atomic E-state index is -0.766. The highest BCUT2D eigenvalue weighted by molar-refractivity contribution is 5.73. The largest absolute Gasteiger partial charge is 0.481 e. The van der Waals surface area contributed by atoms with Crippen LogP contribution < -0.4 is 5.73 Å². The summed E-state index contributed by atoms with van der Waals surface area (Å²) in [5.41, 5.74) is 6.80. The molecule has 0 spiro atoms. The Kier molecular flexibility index (Phi) is 4.73. The lowest BCUT2D eigenvalue weighted by Gasteiger charge is -2.28. The number of carboxylic acids is 1. The fraction of sp³-hybridized carbons (Fsp3) is 0.500. The summed E-state index contributed by atoms with van der Waals surface area (Å²) >= 11 is 0. The van der Waals surface area contributed by atoms with Gasteiger partial charge in [0.15, 0.2) is 0 Å². The molecule has 1 aromatic carbocycles. The zero-order valence-corrected chi connectivity index (χ0v) is 11.3. The summed E-state index contributed by atoms with van der Waals surface area (Å²) in [4.78, 5) is 13.3. The smallest absolute Gasteiger partial charge is 0.310 e. The van der Waals surface area contributed by atoms with Gasteiger partial charge < -0.3 is 10.8 Å². The highest BCUT2D eigenvalue weighted by atomic mass is 16.4. The first kappa shape index (κ1) is 14.5. The van der Waals surface area contributed by atoms with Gasteiger partial charge in [-0.3, -0.25) is 9.69 Å². The Bertz CT molecular complexity index is 399. The van der Waals surface area contributed by atoms with Gasteiger partial charge in [-0.2, -0.15) is 0 Å². The van der Waals surface area contributed by atoms with Gasteiger partial charge >= 0.3 is 5.97 Å². The summed E-state index contributed by atoms with van der Waals surface area (Å²) in [5.74, 6) is -0.766. The van der Waals surface area contributed by atoms with E-state index in [9.17, 15) is 4.79 Å². The predicted molar refractivity (Wildman–Crippen MR) is 73.2 cm³/mol. The number of rotatable bonds is 6. The van der Waals surface area contributed by atoms with E-state index in [0.29, 0.717) is 6.54 Å². The highest BCUT2D eigenvalue weighted by Crippen LogP contribution is 2.19. The second-order valence-electron chi connectivity index (χ2n) is 5.23. The lowest BCUT2D eigenvalue weighted by atomic mass is 9.93. The molecular weight excluding hydrogens is 228 g/mol. The third kappa shape index (κ3) is 4.04. The number of benzene rings is 1. The number of carbonyl (C=O) groups is 1. The Labute approximate surface area is 108 Å². The van der Waals surface area contributed by atoms with Crippen LogP contribution in [0.2, 0.25) is 0 Å². The molecule has 100 valence electrons. The van der Waals surface area contributed by atoms with Gasteiger partial charge in [0.25, 0.3) is 0 Å². The summed E-state index contributed by atoms with van der Waals surface area (Å²) in [5, 5.41) is 9.14. The quantitative estimate of drug-likeness (QED) is 0.760. The molecule has 4 heteroatoms. The van der Waals surface area contributed by atoms with Crippen molar-refractivity contribution in [2.24, 2.45) is 5.41 Å². The van der Waals surface area contributed by atoms with E-state index in [-0.39, 0.29) is 0 Å². The molecule has 0 saturated carbocycles. The van der Waals surface area contributed by atoms with Crippen LogP contribution in [0.1, 0.15) is 26.3 Å². The van der Waals surface area contributed by atoms with Crippen LogP contribution in [-0.4, -0.2) is 29.1 Å². The number of aliphatic carboxylic acids is 1. The van der Waals surface area contributed by atoms with Crippen molar-refractivity contribution in [2.75, 3.05) is 18.8 Å². The molecule has 0 saturated heterocycles. The molecule has 0 unspecified atom stereocenters. The maximum Gasteiger partial charge on any atom is 0.310 e. The summed E-state index contributed by atoms with van der Waals surface area (Å²) in [6, 6.07) is 7.69. The number of nitrogen functional groups attached to an aromatic ring is 1. The Balaban J connectivity index is 2.68. The molecule has 1 aromatic rings. The number of nitrogens with zero attached hydrogens (tertiary/aromatic N) is 1. The van der Waals surface area contributed by atoms with Crippen LogP contribution in [0.4, 0.5) is 5.69 Å². The minimum absolute atomic E-state index is 0.531. The maximum absolute atomic E-state index is 11.1. The second-order valence-corrected chi connectivity index (χ2v) is 5.23. The third-order valence-electron chi connectivity index (χ3n) is 3.03. The van der Waals surface area contributed by atoms with E-state index in [2.05, 4.69) is 4.90 Å². The van der Waals surface area contributed by atoms with Crippen molar-refractivity contribution in [3.63, 3.8) is 0 Å². The fourth-order valence-corrected chi connectivity index (χ4v) is 1.79. The molecule has 0 amide bonds. The average molecular weight is 250 g/mol. The van der Waals surface area contributed by atoms with E-state index >= 15 is 0 Å².